The van der Waals surface area contributed by atoms with Crippen molar-refractivity contribution in [1.82, 2.24) is 0 Å². The highest BCUT2D eigenvalue weighted by molar-refractivity contribution is 5.50. The van der Waals surface area contributed by atoms with Crippen LogP contribution in [0.2, 0.25) is 0 Å². The van der Waals surface area contributed by atoms with Gasteiger partial charge in [-0.15, -0.1) is 0 Å². The first kappa shape index (κ1) is 12.6. The van der Waals surface area contributed by atoms with E-state index < -0.39 is 0 Å². The Bertz CT molecular complexity index is 369. The fraction of sp³-hybridized carbons (Fsp3) is 0.500. The standard InChI is InChI=1S/C12H19NO3/c1-12(2,13)7-8-5-11(16-4)9(14)6-10(8)15-3/h5-6,14H,7,13H2,1-4H3. The number of benzene rings is 1. The van der Waals surface area contributed by atoms with Gasteiger partial charge in [-0.1, -0.05) is 0 Å². The summed E-state index contributed by atoms with van der Waals surface area (Å²) < 4.78 is 10.3. The molecule has 4 nitrogen and oxygen atoms in total. The van der Waals surface area contributed by atoms with Gasteiger partial charge in [-0.2, -0.15) is 0 Å². The van der Waals surface area contributed by atoms with Gasteiger partial charge in [-0.05, 0) is 31.9 Å². The molecule has 1 aromatic rings. The van der Waals surface area contributed by atoms with E-state index in [0.717, 1.165) is 5.56 Å². The van der Waals surface area contributed by atoms with Crippen LogP contribution in [-0.4, -0.2) is 24.9 Å². The van der Waals surface area contributed by atoms with E-state index in [4.69, 9.17) is 15.2 Å². The van der Waals surface area contributed by atoms with Crippen molar-refractivity contribution in [2.24, 2.45) is 5.73 Å². The maximum Gasteiger partial charge on any atom is 0.161 e. The summed E-state index contributed by atoms with van der Waals surface area (Å²) in [6.07, 6.45) is 0.646. The number of aromatic hydroxyl groups is 1. The molecule has 0 fully saturated rings. The van der Waals surface area contributed by atoms with Crippen LogP contribution in [0.25, 0.3) is 0 Å². The Morgan fingerprint density at radius 2 is 1.75 bits per heavy atom. The number of nitrogens with two attached hydrogens (primary N) is 1. The lowest BCUT2D eigenvalue weighted by Gasteiger charge is -2.20. The average molecular weight is 225 g/mol. The largest absolute Gasteiger partial charge is 0.504 e. The third kappa shape index (κ3) is 3.03. The van der Waals surface area contributed by atoms with Crippen molar-refractivity contribution in [2.75, 3.05) is 14.2 Å². The molecule has 16 heavy (non-hydrogen) atoms. The zero-order valence-electron chi connectivity index (χ0n) is 10.2. The molecule has 0 spiro atoms. The molecule has 90 valence electrons. The lowest BCUT2D eigenvalue weighted by Crippen LogP contribution is -2.34. The highest BCUT2D eigenvalue weighted by atomic mass is 16.5. The maximum absolute atomic E-state index is 9.61. The second kappa shape index (κ2) is 4.61. The van der Waals surface area contributed by atoms with Crippen molar-refractivity contribution in [2.45, 2.75) is 25.8 Å². The topological polar surface area (TPSA) is 64.7 Å². The summed E-state index contributed by atoms with van der Waals surface area (Å²) in [5, 5.41) is 9.61. The molecule has 4 heteroatoms. The summed E-state index contributed by atoms with van der Waals surface area (Å²) in [6.45, 7) is 3.87. The fourth-order valence-corrected chi connectivity index (χ4v) is 1.57. The Hall–Kier alpha value is -1.42. The normalized spacial score (nSPS) is 11.3. The van der Waals surface area contributed by atoms with Gasteiger partial charge < -0.3 is 20.3 Å². The van der Waals surface area contributed by atoms with E-state index in [2.05, 4.69) is 0 Å². The summed E-state index contributed by atoms with van der Waals surface area (Å²) in [5.41, 5.74) is 6.54. The molecule has 0 bridgehead atoms. The Morgan fingerprint density at radius 3 is 2.19 bits per heavy atom. The van der Waals surface area contributed by atoms with Gasteiger partial charge in [0.15, 0.2) is 11.5 Å². The Labute approximate surface area is 96.0 Å². The molecule has 1 rings (SSSR count). The smallest absolute Gasteiger partial charge is 0.161 e. The number of ether oxygens (including phenoxy) is 2. The number of hydrogen-bond acceptors (Lipinski definition) is 4. The quantitative estimate of drug-likeness (QED) is 0.818. The lowest BCUT2D eigenvalue weighted by atomic mass is 9.95. The predicted molar refractivity (Wildman–Crippen MR) is 63.2 cm³/mol. The third-order valence-electron chi connectivity index (χ3n) is 2.23. The van der Waals surface area contributed by atoms with Gasteiger partial charge in [-0.3, -0.25) is 0 Å². The van der Waals surface area contributed by atoms with Crippen molar-refractivity contribution < 1.29 is 14.6 Å². The van der Waals surface area contributed by atoms with E-state index in [0.29, 0.717) is 17.9 Å². The number of methoxy groups -OCH3 is 2. The molecule has 0 aliphatic heterocycles. The van der Waals surface area contributed by atoms with Gasteiger partial charge in [-0.25, -0.2) is 0 Å². The predicted octanol–water partition coefficient (Wildman–Crippen LogP) is 1.69. The number of rotatable bonds is 4. The highest BCUT2D eigenvalue weighted by Crippen LogP contribution is 2.34. The zero-order chi connectivity index (χ0) is 12.3. The lowest BCUT2D eigenvalue weighted by molar-refractivity contribution is 0.361. The average Bonchev–Trinajstić information content (AvgIpc) is 2.18. The van der Waals surface area contributed by atoms with Gasteiger partial charge >= 0.3 is 0 Å². The van der Waals surface area contributed by atoms with E-state index in [-0.39, 0.29) is 11.3 Å². The summed E-state index contributed by atoms with van der Waals surface area (Å²) in [6, 6.07) is 3.29. The molecule has 0 amide bonds. The molecule has 0 saturated carbocycles. The molecule has 0 aromatic heterocycles. The van der Waals surface area contributed by atoms with E-state index in [1.807, 2.05) is 13.8 Å². The van der Waals surface area contributed by atoms with Crippen molar-refractivity contribution in [1.29, 1.82) is 0 Å². The van der Waals surface area contributed by atoms with Gasteiger partial charge in [0.1, 0.15) is 5.75 Å². The molecular weight excluding hydrogens is 206 g/mol. The summed E-state index contributed by atoms with van der Waals surface area (Å²) in [5.74, 6) is 1.12. The second-order valence-corrected chi connectivity index (χ2v) is 4.50. The monoisotopic (exact) mass is 225 g/mol. The molecule has 0 saturated heterocycles. The van der Waals surface area contributed by atoms with Gasteiger partial charge in [0, 0.05) is 11.6 Å². The molecule has 0 unspecified atom stereocenters. The highest BCUT2D eigenvalue weighted by Gasteiger charge is 2.17. The van der Waals surface area contributed by atoms with Crippen molar-refractivity contribution >= 4 is 0 Å². The van der Waals surface area contributed by atoms with Crippen LogP contribution in [-0.2, 0) is 6.42 Å². The van der Waals surface area contributed by atoms with Gasteiger partial charge in [0.25, 0.3) is 0 Å². The Balaban J connectivity index is 3.15. The minimum absolute atomic E-state index is 0.0675. The van der Waals surface area contributed by atoms with E-state index >= 15 is 0 Å². The first-order valence-corrected chi connectivity index (χ1v) is 5.10. The van der Waals surface area contributed by atoms with Crippen LogP contribution in [0, 0.1) is 0 Å². The minimum Gasteiger partial charge on any atom is -0.504 e. The number of phenolic OH excluding ortho intramolecular Hbond substituents is 1. The third-order valence-corrected chi connectivity index (χ3v) is 2.23. The van der Waals surface area contributed by atoms with Crippen molar-refractivity contribution in [3.63, 3.8) is 0 Å². The number of hydrogen-bond donors (Lipinski definition) is 2. The Morgan fingerprint density at radius 1 is 1.19 bits per heavy atom. The van der Waals surface area contributed by atoms with E-state index in [9.17, 15) is 5.11 Å². The summed E-state index contributed by atoms with van der Waals surface area (Å²) in [4.78, 5) is 0. The number of phenols is 1. The molecule has 0 aliphatic rings. The fourth-order valence-electron chi connectivity index (χ4n) is 1.57. The van der Waals surface area contributed by atoms with Gasteiger partial charge in [0.2, 0.25) is 0 Å². The van der Waals surface area contributed by atoms with E-state index in [1.165, 1.54) is 7.11 Å². The van der Waals surface area contributed by atoms with Crippen LogP contribution in [0.5, 0.6) is 17.2 Å². The SMILES string of the molecule is COc1cc(CC(C)(C)N)c(OC)cc1O. The van der Waals surface area contributed by atoms with Crippen LogP contribution < -0.4 is 15.2 Å². The van der Waals surface area contributed by atoms with E-state index in [1.54, 1.807) is 19.2 Å². The van der Waals surface area contributed by atoms with Crippen molar-refractivity contribution in [3.8, 4) is 17.2 Å². The molecule has 0 heterocycles. The van der Waals surface area contributed by atoms with Gasteiger partial charge in [0.05, 0.1) is 14.2 Å². The molecule has 1 aromatic carbocycles. The molecule has 0 aliphatic carbocycles. The molecule has 3 N–H and O–H groups in total. The van der Waals surface area contributed by atoms with Crippen LogP contribution >= 0.6 is 0 Å². The Kier molecular flexibility index (Phi) is 3.65. The first-order chi connectivity index (χ1) is 7.37. The summed E-state index contributed by atoms with van der Waals surface area (Å²) >= 11 is 0. The van der Waals surface area contributed by atoms with Crippen LogP contribution in [0.1, 0.15) is 19.4 Å². The second-order valence-electron chi connectivity index (χ2n) is 4.50. The van der Waals surface area contributed by atoms with Crippen LogP contribution in [0.3, 0.4) is 0 Å². The maximum atomic E-state index is 9.61. The zero-order valence-corrected chi connectivity index (χ0v) is 10.2. The first-order valence-electron chi connectivity index (χ1n) is 5.10. The van der Waals surface area contributed by atoms with Crippen LogP contribution in [0.4, 0.5) is 0 Å². The molecule has 0 radical (unpaired) electrons. The van der Waals surface area contributed by atoms with Crippen LogP contribution in [0.15, 0.2) is 12.1 Å². The minimum atomic E-state index is -0.338. The molecular formula is C12H19NO3. The molecule has 0 atom stereocenters. The van der Waals surface area contributed by atoms with Crippen molar-refractivity contribution in [3.05, 3.63) is 17.7 Å². The summed E-state index contributed by atoms with van der Waals surface area (Å²) in [7, 11) is 3.08.